The number of hydrogen-bond acceptors (Lipinski definition) is 5. The predicted octanol–water partition coefficient (Wildman–Crippen LogP) is 2.92. The summed E-state index contributed by atoms with van der Waals surface area (Å²) in [5.74, 6) is 1.10. The molecule has 142 valence electrons. The second-order valence-electron chi connectivity index (χ2n) is 5.98. The van der Waals surface area contributed by atoms with E-state index in [1.54, 1.807) is 26.1 Å². The van der Waals surface area contributed by atoms with Crippen molar-refractivity contribution >= 4 is 5.91 Å². The lowest BCUT2D eigenvalue weighted by Crippen LogP contribution is -2.30. The Balaban J connectivity index is 1.68. The van der Waals surface area contributed by atoms with Gasteiger partial charge in [0.1, 0.15) is 18.1 Å². The Labute approximate surface area is 152 Å². The quantitative estimate of drug-likeness (QED) is 0.681. The van der Waals surface area contributed by atoms with Gasteiger partial charge in [-0.25, -0.2) is 0 Å². The molecule has 0 bridgehead atoms. The topological polar surface area (TPSA) is 77.1 Å². The van der Waals surface area contributed by atoms with Crippen molar-refractivity contribution in [3.05, 3.63) is 53.5 Å². The fraction of sp³-hybridized carbons (Fsp3) is 0.294. The third-order valence-electron chi connectivity index (χ3n) is 3.79. The monoisotopic (exact) mass is 379 g/mol. The number of aromatic nitrogens is 4. The summed E-state index contributed by atoms with van der Waals surface area (Å²) in [4.78, 5) is 14.7. The number of alkyl halides is 3. The van der Waals surface area contributed by atoms with Crippen molar-refractivity contribution in [2.45, 2.75) is 26.2 Å². The van der Waals surface area contributed by atoms with Crippen LogP contribution in [-0.4, -0.2) is 38.1 Å². The number of carbonyl (C=O) groups excluding carboxylic acids is 1. The molecule has 3 rings (SSSR count). The second kappa shape index (κ2) is 7.22. The normalized spacial score (nSPS) is 11.6. The number of amides is 1. The highest BCUT2D eigenvalue weighted by Gasteiger charge is 2.30. The van der Waals surface area contributed by atoms with E-state index in [4.69, 9.17) is 4.42 Å². The van der Waals surface area contributed by atoms with Crippen LogP contribution in [0.15, 0.2) is 40.8 Å². The number of benzene rings is 1. The van der Waals surface area contributed by atoms with E-state index in [-0.39, 0.29) is 30.4 Å². The number of nitrogens with zero attached hydrogens (tertiary/aromatic N) is 5. The SMILES string of the molecule is Cc1ccc(CN(C)C(=O)Cn2nnc(-c3cccc(C(F)(F)F)c3)n2)o1. The minimum Gasteiger partial charge on any atom is -0.464 e. The molecule has 2 aromatic heterocycles. The number of furan rings is 1. The van der Waals surface area contributed by atoms with Gasteiger partial charge in [0.15, 0.2) is 0 Å². The van der Waals surface area contributed by atoms with E-state index in [1.807, 2.05) is 0 Å². The van der Waals surface area contributed by atoms with Crippen LogP contribution in [0.5, 0.6) is 0 Å². The van der Waals surface area contributed by atoms with Gasteiger partial charge < -0.3 is 9.32 Å². The first-order valence-corrected chi connectivity index (χ1v) is 7.97. The molecule has 10 heteroatoms. The molecular formula is C17H16F3N5O2. The average Bonchev–Trinajstić information content (AvgIpc) is 3.23. The Morgan fingerprint density at radius 1 is 1.26 bits per heavy atom. The summed E-state index contributed by atoms with van der Waals surface area (Å²) in [6.07, 6.45) is -4.46. The first-order chi connectivity index (χ1) is 12.7. The smallest absolute Gasteiger partial charge is 0.416 e. The molecule has 0 aliphatic heterocycles. The molecule has 3 aromatic rings. The number of carbonyl (C=O) groups is 1. The van der Waals surface area contributed by atoms with Crippen molar-refractivity contribution in [2.75, 3.05) is 7.05 Å². The summed E-state index contributed by atoms with van der Waals surface area (Å²) >= 11 is 0. The molecule has 0 saturated heterocycles. The van der Waals surface area contributed by atoms with Gasteiger partial charge >= 0.3 is 6.18 Å². The van der Waals surface area contributed by atoms with Crippen LogP contribution in [0.4, 0.5) is 13.2 Å². The standard InChI is InChI=1S/C17H16F3N5O2/c1-11-6-7-14(27-11)9-24(2)15(26)10-25-22-16(21-23-25)12-4-3-5-13(8-12)17(18,19)20/h3-8H,9-10H2,1-2H3. The lowest BCUT2D eigenvalue weighted by atomic mass is 10.1. The van der Waals surface area contributed by atoms with Crippen LogP contribution in [-0.2, 0) is 24.1 Å². The highest BCUT2D eigenvalue weighted by molar-refractivity contribution is 5.75. The van der Waals surface area contributed by atoms with Gasteiger partial charge in [0.2, 0.25) is 11.7 Å². The maximum atomic E-state index is 12.8. The molecule has 0 aliphatic rings. The van der Waals surface area contributed by atoms with Crippen molar-refractivity contribution in [1.29, 1.82) is 0 Å². The van der Waals surface area contributed by atoms with E-state index in [0.29, 0.717) is 5.76 Å². The average molecular weight is 379 g/mol. The van der Waals surface area contributed by atoms with Crippen molar-refractivity contribution in [3.8, 4) is 11.4 Å². The van der Waals surface area contributed by atoms with Crippen molar-refractivity contribution in [3.63, 3.8) is 0 Å². The van der Waals surface area contributed by atoms with Gasteiger partial charge in [-0.2, -0.15) is 18.0 Å². The first kappa shape index (κ1) is 18.6. The summed E-state index contributed by atoms with van der Waals surface area (Å²) in [6.45, 7) is 1.89. The van der Waals surface area contributed by atoms with Gasteiger partial charge in [-0.1, -0.05) is 12.1 Å². The molecule has 0 radical (unpaired) electrons. The molecule has 1 aromatic carbocycles. The minimum atomic E-state index is -4.46. The first-order valence-electron chi connectivity index (χ1n) is 7.97. The minimum absolute atomic E-state index is 0.0122. The van der Waals surface area contributed by atoms with Gasteiger partial charge in [0, 0.05) is 12.6 Å². The van der Waals surface area contributed by atoms with E-state index in [9.17, 15) is 18.0 Å². The summed E-state index contributed by atoms with van der Waals surface area (Å²) in [7, 11) is 1.60. The van der Waals surface area contributed by atoms with Crippen molar-refractivity contribution in [1.82, 2.24) is 25.1 Å². The largest absolute Gasteiger partial charge is 0.464 e. The third kappa shape index (κ3) is 4.52. The van der Waals surface area contributed by atoms with Crippen molar-refractivity contribution in [2.24, 2.45) is 0 Å². The van der Waals surface area contributed by atoms with Gasteiger partial charge in [0.25, 0.3) is 0 Å². The third-order valence-corrected chi connectivity index (χ3v) is 3.79. The summed E-state index contributed by atoms with van der Waals surface area (Å²) in [5.41, 5.74) is -0.635. The number of likely N-dealkylation sites (N-methyl/N-ethyl adjacent to an activating group) is 1. The van der Waals surface area contributed by atoms with E-state index in [0.717, 1.165) is 22.7 Å². The molecule has 0 atom stereocenters. The van der Waals surface area contributed by atoms with Crippen molar-refractivity contribution < 1.29 is 22.4 Å². The zero-order valence-electron chi connectivity index (χ0n) is 14.6. The molecule has 0 unspecified atom stereocenters. The number of tetrazole rings is 1. The van der Waals surface area contributed by atoms with Crippen LogP contribution in [0.1, 0.15) is 17.1 Å². The summed E-state index contributed by atoms with van der Waals surface area (Å²) in [6, 6.07) is 8.19. The molecule has 0 aliphatic carbocycles. The highest BCUT2D eigenvalue weighted by atomic mass is 19.4. The molecule has 2 heterocycles. The molecule has 0 N–H and O–H groups in total. The van der Waals surface area contributed by atoms with E-state index < -0.39 is 11.7 Å². The molecule has 27 heavy (non-hydrogen) atoms. The molecule has 0 saturated carbocycles. The zero-order chi connectivity index (χ0) is 19.6. The number of halogens is 3. The fourth-order valence-corrected chi connectivity index (χ4v) is 2.39. The van der Waals surface area contributed by atoms with E-state index >= 15 is 0 Å². The maximum Gasteiger partial charge on any atom is 0.416 e. The Hall–Kier alpha value is -3.17. The maximum absolute atomic E-state index is 12.8. The molecule has 0 fully saturated rings. The number of aryl methyl sites for hydroxylation is 1. The Kier molecular flexibility index (Phi) is 4.98. The molecule has 7 nitrogen and oxygen atoms in total. The second-order valence-corrected chi connectivity index (χ2v) is 5.98. The fourth-order valence-electron chi connectivity index (χ4n) is 2.39. The zero-order valence-corrected chi connectivity index (χ0v) is 14.6. The highest BCUT2D eigenvalue weighted by Crippen LogP contribution is 2.31. The predicted molar refractivity (Wildman–Crippen MR) is 88.2 cm³/mol. The van der Waals surface area contributed by atoms with Crippen LogP contribution < -0.4 is 0 Å². The molecular weight excluding hydrogens is 363 g/mol. The Morgan fingerprint density at radius 2 is 2.04 bits per heavy atom. The van der Waals surface area contributed by atoms with Gasteiger partial charge in [-0.15, -0.1) is 10.2 Å². The van der Waals surface area contributed by atoms with Gasteiger partial charge in [-0.05, 0) is 36.4 Å². The van der Waals surface area contributed by atoms with E-state index in [2.05, 4.69) is 15.4 Å². The van der Waals surface area contributed by atoms with Gasteiger partial charge in [-0.3, -0.25) is 4.79 Å². The van der Waals surface area contributed by atoms with Crippen LogP contribution in [0.3, 0.4) is 0 Å². The molecule has 1 amide bonds. The lowest BCUT2D eigenvalue weighted by molar-refractivity contribution is -0.137. The molecule has 0 spiro atoms. The Bertz CT molecular complexity index is 948. The van der Waals surface area contributed by atoms with Crippen LogP contribution in [0.2, 0.25) is 0 Å². The number of hydrogen-bond donors (Lipinski definition) is 0. The van der Waals surface area contributed by atoms with Crippen LogP contribution >= 0.6 is 0 Å². The number of rotatable bonds is 5. The van der Waals surface area contributed by atoms with Gasteiger partial charge in [0.05, 0.1) is 12.1 Å². The van der Waals surface area contributed by atoms with Crippen LogP contribution in [0, 0.1) is 6.92 Å². The summed E-state index contributed by atoms with van der Waals surface area (Å²) in [5, 5.41) is 11.5. The van der Waals surface area contributed by atoms with E-state index in [1.165, 1.54) is 17.0 Å². The summed E-state index contributed by atoms with van der Waals surface area (Å²) < 4.78 is 43.9. The lowest BCUT2D eigenvalue weighted by Gasteiger charge is -2.14. The van der Waals surface area contributed by atoms with Crippen LogP contribution in [0.25, 0.3) is 11.4 Å². The Morgan fingerprint density at radius 3 is 2.70 bits per heavy atom.